The van der Waals surface area contributed by atoms with Crippen LogP contribution in [-0.2, 0) is 5.41 Å². The molecule has 3 heteroatoms. The van der Waals surface area contributed by atoms with E-state index in [-0.39, 0.29) is 5.41 Å². The number of allylic oxidation sites excluding steroid dienone is 1. The smallest absolute Gasteiger partial charge is 0.0730 e. The zero-order valence-electron chi connectivity index (χ0n) is 33.5. The second-order valence-electron chi connectivity index (χ2n) is 16.3. The fraction of sp³-hybridized carbons (Fsp3) is 0.0526. The molecule has 0 amide bonds. The molecule has 0 bridgehead atoms. The van der Waals surface area contributed by atoms with Crippen molar-refractivity contribution in [3.05, 3.63) is 228 Å². The number of hydrogen-bond acceptors (Lipinski definition) is 2. The molecule has 0 saturated heterocycles. The van der Waals surface area contributed by atoms with Gasteiger partial charge in [-0.05, 0) is 103 Å². The molecular formula is C57H41N3. The van der Waals surface area contributed by atoms with Crippen molar-refractivity contribution in [1.82, 2.24) is 4.57 Å². The van der Waals surface area contributed by atoms with Crippen LogP contribution >= 0.6 is 0 Å². The summed E-state index contributed by atoms with van der Waals surface area (Å²) < 4.78 is 2.33. The molecule has 0 radical (unpaired) electrons. The topological polar surface area (TPSA) is 41.1 Å². The van der Waals surface area contributed by atoms with Crippen molar-refractivity contribution in [3.63, 3.8) is 0 Å². The summed E-state index contributed by atoms with van der Waals surface area (Å²) in [5, 5.41) is 16.4. The van der Waals surface area contributed by atoms with E-state index in [4.69, 9.17) is 4.99 Å². The number of nitrogens with one attached hydrogen (secondary N) is 1. The average Bonchev–Trinajstić information content (AvgIpc) is 3.75. The van der Waals surface area contributed by atoms with Crippen LogP contribution in [-0.4, -0.2) is 16.5 Å². The van der Waals surface area contributed by atoms with Crippen molar-refractivity contribution in [2.45, 2.75) is 19.3 Å². The summed E-state index contributed by atoms with van der Waals surface area (Å²) >= 11 is 0. The van der Waals surface area contributed by atoms with Gasteiger partial charge in [-0.2, -0.15) is 0 Å². The molecule has 0 atom stereocenters. The third-order valence-electron chi connectivity index (χ3n) is 12.5. The van der Waals surface area contributed by atoms with Gasteiger partial charge in [0.15, 0.2) is 0 Å². The predicted molar refractivity (Wildman–Crippen MR) is 254 cm³/mol. The van der Waals surface area contributed by atoms with Crippen molar-refractivity contribution in [2.24, 2.45) is 4.99 Å². The van der Waals surface area contributed by atoms with E-state index < -0.39 is 0 Å². The Hall–Kier alpha value is -7.62. The highest BCUT2D eigenvalue weighted by atomic mass is 15.0. The van der Waals surface area contributed by atoms with Crippen molar-refractivity contribution >= 4 is 61.0 Å². The maximum atomic E-state index is 9.29. The van der Waals surface area contributed by atoms with E-state index in [1.54, 1.807) is 0 Å². The zero-order chi connectivity index (χ0) is 40.4. The number of aliphatic imine (C=N–C) groups is 1. The Bertz CT molecular complexity index is 3400. The van der Waals surface area contributed by atoms with Crippen LogP contribution in [0.25, 0.3) is 77.0 Å². The number of hydrogen-bond donors (Lipinski definition) is 1. The molecule has 10 aromatic rings. The number of aromatic nitrogens is 1. The molecule has 9 aromatic carbocycles. The van der Waals surface area contributed by atoms with E-state index in [1.165, 1.54) is 49.5 Å². The largest absolute Gasteiger partial charge is 0.309 e. The van der Waals surface area contributed by atoms with Gasteiger partial charge in [-0.1, -0.05) is 172 Å². The van der Waals surface area contributed by atoms with Gasteiger partial charge in [-0.3, -0.25) is 4.99 Å². The monoisotopic (exact) mass is 767 g/mol. The Kier molecular flexibility index (Phi) is 8.31. The Morgan fingerprint density at radius 1 is 0.533 bits per heavy atom. The van der Waals surface area contributed by atoms with Gasteiger partial charge in [0.05, 0.1) is 22.4 Å². The molecule has 3 nitrogen and oxygen atoms in total. The summed E-state index contributed by atoms with van der Waals surface area (Å²) in [6.45, 7) is 4.75. The summed E-state index contributed by atoms with van der Waals surface area (Å²) in [5.74, 6) is 0. The van der Waals surface area contributed by atoms with Crippen molar-refractivity contribution in [2.75, 3.05) is 0 Å². The Morgan fingerprint density at radius 3 is 1.93 bits per heavy atom. The third-order valence-corrected chi connectivity index (χ3v) is 12.5. The van der Waals surface area contributed by atoms with E-state index in [2.05, 4.69) is 182 Å². The highest BCUT2D eigenvalue weighted by Crippen LogP contribution is 2.53. The molecule has 0 saturated carbocycles. The lowest BCUT2D eigenvalue weighted by atomic mass is 9.78. The first-order valence-electron chi connectivity index (χ1n) is 20.6. The van der Waals surface area contributed by atoms with Crippen LogP contribution in [0.1, 0.15) is 41.7 Å². The van der Waals surface area contributed by atoms with Gasteiger partial charge in [0.1, 0.15) is 0 Å². The van der Waals surface area contributed by atoms with Gasteiger partial charge in [-0.15, -0.1) is 0 Å². The van der Waals surface area contributed by atoms with E-state index in [9.17, 15) is 5.41 Å². The minimum atomic E-state index is -0.180. The van der Waals surface area contributed by atoms with Crippen LogP contribution in [0, 0.1) is 5.41 Å². The fourth-order valence-electron chi connectivity index (χ4n) is 9.71. The molecular weight excluding hydrogens is 727 g/mol. The molecule has 0 spiro atoms. The Morgan fingerprint density at radius 2 is 1.15 bits per heavy atom. The minimum absolute atomic E-state index is 0.180. The standard InChI is InChI=1S/C57H41N3/c1-57(2)50-34-39-20-10-9-19-38(39)33-49(50)46-27-15-26-45(56(46)57)44-32-31-40(42-23-11-12-24-43(42)44)36-59-52(35-51(58)37-17-5-3-6-18-37)47-28-16-30-54-55(47)48-25-13-14-29-53(48)60(54)41-21-7-4-8-22-41/h3-36,58H,1-2H3/b52-35-,58-51?,59-36?. The highest BCUT2D eigenvalue weighted by Gasteiger charge is 2.38. The number of nitrogens with zero attached hydrogens (tertiary/aromatic N) is 2. The van der Waals surface area contributed by atoms with Crippen LogP contribution in [0.5, 0.6) is 0 Å². The second kappa shape index (κ2) is 14.0. The average molecular weight is 768 g/mol. The summed E-state index contributed by atoms with van der Waals surface area (Å²) in [5.41, 5.74) is 15.0. The number of fused-ring (bicyclic) bond motifs is 8. The molecule has 1 heterocycles. The lowest BCUT2D eigenvalue weighted by Crippen LogP contribution is -2.16. The minimum Gasteiger partial charge on any atom is -0.309 e. The van der Waals surface area contributed by atoms with E-state index in [0.29, 0.717) is 5.71 Å². The van der Waals surface area contributed by atoms with Gasteiger partial charge < -0.3 is 9.98 Å². The molecule has 1 aliphatic carbocycles. The maximum absolute atomic E-state index is 9.29. The summed E-state index contributed by atoms with van der Waals surface area (Å²) in [7, 11) is 0. The normalized spacial score (nSPS) is 13.4. The van der Waals surface area contributed by atoms with Crippen LogP contribution in [0.3, 0.4) is 0 Å². The highest BCUT2D eigenvalue weighted by molar-refractivity contribution is 6.18. The maximum Gasteiger partial charge on any atom is 0.0730 e. The fourth-order valence-corrected chi connectivity index (χ4v) is 9.71. The molecule has 0 unspecified atom stereocenters. The van der Waals surface area contributed by atoms with Crippen LogP contribution < -0.4 is 0 Å². The quantitative estimate of drug-likeness (QED) is 0.157. The van der Waals surface area contributed by atoms with Gasteiger partial charge in [0, 0.05) is 39.2 Å². The zero-order valence-corrected chi connectivity index (χ0v) is 33.5. The SMILES string of the molecule is CC1(C)c2cc3ccccc3cc2-c2cccc(-c3ccc(C=N/C(=C\C(=N)c4ccccc4)c4cccc5c4c4ccccc4n5-c4ccccc4)c4ccccc34)c21. The predicted octanol–water partition coefficient (Wildman–Crippen LogP) is 14.6. The first-order valence-corrected chi connectivity index (χ1v) is 20.6. The first-order chi connectivity index (χ1) is 29.5. The lowest BCUT2D eigenvalue weighted by Gasteiger charge is -2.25. The molecule has 1 N–H and O–H groups in total. The summed E-state index contributed by atoms with van der Waals surface area (Å²) in [6, 6.07) is 68.9. The van der Waals surface area contributed by atoms with Gasteiger partial charge in [0.2, 0.25) is 0 Å². The summed E-state index contributed by atoms with van der Waals surface area (Å²) in [6.07, 6.45) is 3.91. The Balaban J connectivity index is 1.07. The van der Waals surface area contributed by atoms with Crippen molar-refractivity contribution in [1.29, 1.82) is 5.41 Å². The lowest BCUT2D eigenvalue weighted by molar-refractivity contribution is 0.663. The molecule has 60 heavy (non-hydrogen) atoms. The van der Waals surface area contributed by atoms with E-state index >= 15 is 0 Å². The van der Waals surface area contributed by atoms with Crippen LogP contribution in [0.2, 0.25) is 0 Å². The van der Waals surface area contributed by atoms with Gasteiger partial charge in [-0.25, -0.2) is 0 Å². The molecule has 1 aliphatic rings. The molecule has 0 fully saturated rings. The number of para-hydroxylation sites is 2. The van der Waals surface area contributed by atoms with Gasteiger partial charge in [0.25, 0.3) is 0 Å². The Labute approximate surface area is 349 Å². The third kappa shape index (κ3) is 5.66. The van der Waals surface area contributed by atoms with Crippen molar-refractivity contribution < 1.29 is 0 Å². The first kappa shape index (κ1) is 35.5. The summed E-state index contributed by atoms with van der Waals surface area (Å²) in [4.78, 5) is 5.34. The van der Waals surface area contributed by atoms with Crippen molar-refractivity contribution in [3.8, 4) is 27.9 Å². The van der Waals surface area contributed by atoms with Crippen LogP contribution in [0.15, 0.2) is 205 Å². The van der Waals surface area contributed by atoms with E-state index in [0.717, 1.165) is 55.3 Å². The number of benzene rings is 9. The van der Waals surface area contributed by atoms with E-state index in [1.807, 2.05) is 42.6 Å². The molecule has 1 aromatic heterocycles. The van der Waals surface area contributed by atoms with Gasteiger partial charge >= 0.3 is 0 Å². The van der Waals surface area contributed by atoms with Crippen LogP contribution in [0.4, 0.5) is 0 Å². The molecule has 284 valence electrons. The second-order valence-corrected chi connectivity index (χ2v) is 16.3. The number of rotatable bonds is 7. The molecule has 11 rings (SSSR count). The molecule has 0 aliphatic heterocycles.